The Balaban J connectivity index is 0.000000172. The van der Waals surface area contributed by atoms with Gasteiger partial charge in [-0.25, -0.2) is 19.0 Å². The fourth-order valence-corrected chi connectivity index (χ4v) is 8.30. The second kappa shape index (κ2) is 18.4. The van der Waals surface area contributed by atoms with Crippen LogP contribution in [0.2, 0.25) is 0 Å². The Morgan fingerprint density at radius 1 is 0.726 bits per heavy atom. The van der Waals surface area contributed by atoms with Crippen molar-refractivity contribution in [3.63, 3.8) is 0 Å². The molecular weight excluding hydrogens is 793 g/mol. The molecule has 0 aliphatic heterocycles. The Kier molecular flexibility index (Phi) is 12.8. The summed E-state index contributed by atoms with van der Waals surface area (Å²) >= 11 is 5.66. The van der Waals surface area contributed by atoms with E-state index in [4.69, 9.17) is 27.4 Å². The zero-order valence-electron chi connectivity index (χ0n) is 36.3. The standard InChI is InChI=1S/C27H32N4OS.C23H26N4O2/c1-27(2,32)17-29-23-15-22(19-6-4-3-5-7-19)30-31-24(16-28-26(23)31)20-10-12-21(13-11-20)25(33)14-18-8-9-18;1-23(2,29)15-25-20-12-19(17-6-4-3-5-7-17)26-27-21(13-24-22(20)27)18-10-8-16(14-28)9-11-18/h6,10-13,15-16,18,29,32H,3-5,7-9,14,17H2,1-2H3;6,8-14,25,29H,3-5,7,15H2,1-2H3. The number of anilines is 2. The SMILES string of the molecule is CC(C)(O)CNc1cc(C2=CCCCC2)nn2c(-c3ccc(C(=S)CC4CC4)cc3)cnc12.CC(C)(O)CNc1cc(C2=CCCCC2)nn2c(-c3ccc(C=O)cc3)cnc12. The molecule has 1 saturated carbocycles. The van der Waals surface area contributed by atoms with Crippen LogP contribution in [-0.2, 0) is 0 Å². The minimum atomic E-state index is -0.843. The molecule has 2 aromatic carbocycles. The van der Waals surface area contributed by atoms with Gasteiger partial charge in [0, 0.05) is 34.6 Å². The first kappa shape index (κ1) is 43.1. The number of fused-ring (bicyclic) bond motifs is 2. The first-order chi connectivity index (χ1) is 29.8. The van der Waals surface area contributed by atoms with Crippen molar-refractivity contribution >= 4 is 57.2 Å². The minimum absolute atomic E-state index is 0.404. The number of carbonyl (C=O) groups is 1. The van der Waals surface area contributed by atoms with Crippen molar-refractivity contribution < 1.29 is 15.0 Å². The topological polar surface area (TPSA) is 142 Å². The van der Waals surface area contributed by atoms with E-state index in [2.05, 4.69) is 58.1 Å². The Bertz CT molecular complexity index is 2620. The first-order valence-corrected chi connectivity index (χ1v) is 22.5. The predicted octanol–water partition coefficient (Wildman–Crippen LogP) is 10.4. The number of hydrogen-bond acceptors (Lipinski definition) is 10. The average Bonchev–Trinajstić information content (AvgIpc) is 3.82. The van der Waals surface area contributed by atoms with Crippen LogP contribution in [-0.4, -0.2) is 74.9 Å². The molecule has 0 bridgehead atoms. The van der Waals surface area contributed by atoms with Gasteiger partial charge in [0.2, 0.25) is 0 Å². The lowest BCUT2D eigenvalue weighted by Gasteiger charge is -2.20. The van der Waals surface area contributed by atoms with Crippen molar-refractivity contribution in [2.45, 2.75) is 110 Å². The lowest BCUT2D eigenvalue weighted by Crippen LogP contribution is -2.29. The van der Waals surface area contributed by atoms with Gasteiger partial charge in [-0.15, -0.1) is 0 Å². The first-order valence-electron chi connectivity index (χ1n) is 22.1. The Morgan fingerprint density at radius 3 is 1.60 bits per heavy atom. The number of carbonyl (C=O) groups excluding carboxylic acids is 1. The van der Waals surface area contributed by atoms with Gasteiger partial charge in [0.15, 0.2) is 11.3 Å². The van der Waals surface area contributed by atoms with Crippen molar-refractivity contribution in [2.75, 3.05) is 23.7 Å². The number of aliphatic hydroxyl groups is 2. The zero-order valence-corrected chi connectivity index (χ0v) is 37.1. The molecule has 12 heteroatoms. The number of rotatable bonds is 14. The Labute approximate surface area is 369 Å². The zero-order chi connectivity index (χ0) is 43.4. The van der Waals surface area contributed by atoms with E-state index in [1.165, 1.54) is 49.7 Å². The molecule has 62 heavy (non-hydrogen) atoms. The number of benzene rings is 2. The fourth-order valence-electron chi connectivity index (χ4n) is 7.93. The summed E-state index contributed by atoms with van der Waals surface area (Å²) in [4.78, 5) is 21.3. The quantitative estimate of drug-likeness (QED) is 0.0475. The number of thiocarbonyl (C=S) groups is 1. The molecule has 3 aliphatic carbocycles. The molecule has 0 unspecified atom stereocenters. The number of nitrogens with one attached hydrogen (secondary N) is 2. The van der Waals surface area contributed by atoms with Crippen molar-refractivity contribution in [3.8, 4) is 22.5 Å². The Morgan fingerprint density at radius 2 is 1.19 bits per heavy atom. The van der Waals surface area contributed by atoms with Crippen LogP contribution in [0, 0.1) is 5.92 Å². The molecule has 4 heterocycles. The molecular formula is C50H58N8O3S. The maximum atomic E-state index is 11.0. The largest absolute Gasteiger partial charge is 0.389 e. The van der Waals surface area contributed by atoms with Crippen LogP contribution in [0.3, 0.4) is 0 Å². The summed E-state index contributed by atoms with van der Waals surface area (Å²) in [6.07, 6.45) is 21.8. The highest BCUT2D eigenvalue weighted by molar-refractivity contribution is 7.80. The fraction of sp³-hybridized carbons (Fsp3) is 0.400. The monoisotopic (exact) mass is 850 g/mol. The maximum Gasteiger partial charge on any atom is 0.177 e. The molecule has 1 fully saturated rings. The van der Waals surface area contributed by atoms with E-state index in [0.29, 0.717) is 24.3 Å². The van der Waals surface area contributed by atoms with Crippen molar-refractivity contribution in [2.24, 2.45) is 5.92 Å². The van der Waals surface area contributed by atoms with E-state index in [1.54, 1.807) is 46.0 Å². The molecule has 4 N–H and O–H groups in total. The number of allylic oxidation sites excluding steroid dienone is 4. The summed E-state index contributed by atoms with van der Waals surface area (Å²) in [5, 5.41) is 37.1. The van der Waals surface area contributed by atoms with E-state index in [1.807, 2.05) is 33.4 Å². The highest BCUT2D eigenvalue weighted by Crippen LogP contribution is 2.35. The molecule has 11 nitrogen and oxygen atoms in total. The number of hydrogen-bond donors (Lipinski definition) is 4. The smallest absolute Gasteiger partial charge is 0.177 e. The summed E-state index contributed by atoms with van der Waals surface area (Å²) < 4.78 is 3.79. The van der Waals surface area contributed by atoms with Crippen LogP contribution >= 0.6 is 12.2 Å². The van der Waals surface area contributed by atoms with Gasteiger partial charge in [-0.05, 0) is 133 Å². The molecule has 0 atom stereocenters. The maximum absolute atomic E-state index is 11.0. The van der Waals surface area contributed by atoms with Gasteiger partial charge in [0.1, 0.15) is 6.29 Å². The number of nitrogens with zero attached hydrogens (tertiary/aromatic N) is 6. The highest BCUT2D eigenvalue weighted by Gasteiger charge is 2.24. The normalized spacial score (nSPS) is 15.7. The third-order valence-corrected chi connectivity index (χ3v) is 12.0. The van der Waals surface area contributed by atoms with E-state index in [-0.39, 0.29) is 0 Å². The minimum Gasteiger partial charge on any atom is -0.389 e. The molecule has 0 amide bonds. The van der Waals surface area contributed by atoms with Crippen molar-refractivity contribution in [3.05, 3.63) is 108 Å². The van der Waals surface area contributed by atoms with Crippen molar-refractivity contribution in [1.82, 2.24) is 29.2 Å². The van der Waals surface area contributed by atoms with Crippen LogP contribution in [0.25, 0.3) is 45.0 Å². The Hall–Kier alpha value is -5.56. The van der Waals surface area contributed by atoms with Crippen molar-refractivity contribution in [1.29, 1.82) is 0 Å². The lowest BCUT2D eigenvalue weighted by atomic mass is 9.97. The van der Waals surface area contributed by atoms with Gasteiger partial charge in [0.05, 0.1) is 57.7 Å². The summed E-state index contributed by atoms with van der Waals surface area (Å²) in [7, 11) is 0. The molecule has 0 saturated heterocycles. The molecule has 6 aromatic rings. The molecule has 4 aromatic heterocycles. The molecule has 0 spiro atoms. The predicted molar refractivity (Wildman–Crippen MR) is 254 cm³/mol. The molecule has 0 radical (unpaired) electrons. The number of aldehydes is 1. The van der Waals surface area contributed by atoms with Gasteiger partial charge < -0.3 is 20.8 Å². The van der Waals surface area contributed by atoms with Gasteiger partial charge in [0.25, 0.3) is 0 Å². The molecule has 322 valence electrons. The van der Waals surface area contributed by atoms with Crippen LogP contribution in [0.15, 0.2) is 85.2 Å². The summed E-state index contributed by atoms with van der Waals surface area (Å²) in [6.45, 7) is 7.98. The average molecular weight is 851 g/mol. The van der Waals surface area contributed by atoms with Gasteiger partial charge in [-0.1, -0.05) is 72.9 Å². The highest BCUT2D eigenvalue weighted by atomic mass is 32.1. The van der Waals surface area contributed by atoms with E-state index < -0.39 is 11.2 Å². The van der Waals surface area contributed by atoms with E-state index in [0.717, 1.165) is 106 Å². The molecule has 9 rings (SSSR count). The lowest BCUT2D eigenvalue weighted by molar-refractivity contribution is 0.0939. The number of imidazole rings is 2. The van der Waals surface area contributed by atoms with Crippen LogP contribution in [0.4, 0.5) is 11.4 Å². The van der Waals surface area contributed by atoms with Gasteiger partial charge in [-0.3, -0.25) is 4.79 Å². The van der Waals surface area contributed by atoms with Crippen LogP contribution < -0.4 is 10.6 Å². The summed E-state index contributed by atoms with van der Waals surface area (Å²) in [6, 6.07) is 20.0. The second-order valence-corrected chi connectivity index (χ2v) is 18.8. The molecule has 3 aliphatic rings. The number of aromatic nitrogens is 6. The third kappa shape index (κ3) is 10.5. The van der Waals surface area contributed by atoms with E-state index in [9.17, 15) is 15.0 Å². The van der Waals surface area contributed by atoms with Crippen LogP contribution in [0.1, 0.15) is 126 Å². The van der Waals surface area contributed by atoms with Gasteiger partial charge >= 0.3 is 0 Å². The van der Waals surface area contributed by atoms with Crippen LogP contribution in [0.5, 0.6) is 0 Å². The van der Waals surface area contributed by atoms with E-state index >= 15 is 0 Å². The summed E-state index contributed by atoms with van der Waals surface area (Å²) in [5.74, 6) is 0.794. The van der Waals surface area contributed by atoms with Gasteiger partial charge in [-0.2, -0.15) is 10.2 Å². The second-order valence-electron chi connectivity index (χ2n) is 18.3. The third-order valence-electron chi connectivity index (χ3n) is 11.6. The summed E-state index contributed by atoms with van der Waals surface area (Å²) in [5.41, 5.74) is 11.6.